The summed E-state index contributed by atoms with van der Waals surface area (Å²) in [5.74, 6) is 2.21. The molecule has 1 atom stereocenters. The van der Waals surface area contributed by atoms with Gasteiger partial charge in [-0.2, -0.15) is 0 Å². The third-order valence-electron chi connectivity index (χ3n) is 4.27. The number of nitrogens with zero attached hydrogens (tertiary/aromatic N) is 1. The maximum Gasteiger partial charge on any atom is 0.161 e. The Hall–Kier alpha value is -2.24. The standard InChI is InChI=1S/C21H29NO4/c1-15-6-8-19(9-7-15)26-14-18(23)13-22(3)12-17-11-21(25-5)20(24-4)10-16(17)2/h6-11,18,23H,12-14H2,1-5H3/t18-/m1/s1. The third kappa shape index (κ3) is 5.64. The van der Waals surface area contributed by atoms with Gasteiger partial charge in [-0.05, 0) is 56.3 Å². The Bertz CT molecular complexity index is 700. The molecule has 0 saturated carbocycles. The van der Waals surface area contributed by atoms with Gasteiger partial charge >= 0.3 is 0 Å². The van der Waals surface area contributed by atoms with Crippen LogP contribution in [0.3, 0.4) is 0 Å². The number of rotatable bonds is 9. The van der Waals surface area contributed by atoms with Crippen LogP contribution in [0.5, 0.6) is 17.2 Å². The smallest absolute Gasteiger partial charge is 0.161 e. The van der Waals surface area contributed by atoms with Gasteiger partial charge in [-0.25, -0.2) is 0 Å². The summed E-state index contributed by atoms with van der Waals surface area (Å²) in [4.78, 5) is 2.07. The first kappa shape index (κ1) is 20.1. The van der Waals surface area contributed by atoms with Crippen LogP contribution < -0.4 is 14.2 Å². The van der Waals surface area contributed by atoms with Crippen molar-refractivity contribution in [2.45, 2.75) is 26.5 Å². The van der Waals surface area contributed by atoms with Gasteiger partial charge in [0.1, 0.15) is 18.5 Å². The molecule has 5 nitrogen and oxygen atoms in total. The quantitative estimate of drug-likeness (QED) is 0.745. The summed E-state index contributed by atoms with van der Waals surface area (Å²) in [5.41, 5.74) is 3.44. The van der Waals surface area contributed by atoms with Gasteiger partial charge in [-0.3, -0.25) is 4.90 Å². The molecule has 1 N–H and O–H groups in total. The van der Waals surface area contributed by atoms with Crippen LogP contribution >= 0.6 is 0 Å². The molecule has 0 spiro atoms. The van der Waals surface area contributed by atoms with E-state index in [9.17, 15) is 5.11 Å². The highest BCUT2D eigenvalue weighted by Gasteiger charge is 2.13. The van der Waals surface area contributed by atoms with Crippen molar-refractivity contribution in [1.29, 1.82) is 0 Å². The normalized spacial score (nSPS) is 12.1. The second-order valence-corrected chi connectivity index (χ2v) is 6.61. The van der Waals surface area contributed by atoms with Crippen LogP contribution in [0.15, 0.2) is 36.4 Å². The molecule has 0 aliphatic heterocycles. The largest absolute Gasteiger partial charge is 0.493 e. The predicted molar refractivity (Wildman–Crippen MR) is 103 cm³/mol. The van der Waals surface area contributed by atoms with Gasteiger partial charge in [0.2, 0.25) is 0 Å². The number of benzene rings is 2. The Morgan fingerprint density at radius 1 is 1.00 bits per heavy atom. The lowest BCUT2D eigenvalue weighted by atomic mass is 10.1. The second kappa shape index (κ2) is 9.46. The molecule has 0 aliphatic carbocycles. The third-order valence-corrected chi connectivity index (χ3v) is 4.27. The van der Waals surface area contributed by atoms with Crippen LogP contribution in [-0.4, -0.2) is 50.5 Å². The highest BCUT2D eigenvalue weighted by atomic mass is 16.5. The van der Waals surface area contributed by atoms with E-state index in [4.69, 9.17) is 14.2 Å². The van der Waals surface area contributed by atoms with E-state index in [2.05, 4.69) is 4.90 Å². The van der Waals surface area contributed by atoms with Crippen LogP contribution in [0.1, 0.15) is 16.7 Å². The van der Waals surface area contributed by atoms with E-state index in [0.717, 1.165) is 22.6 Å². The average Bonchev–Trinajstić information content (AvgIpc) is 2.62. The number of methoxy groups -OCH3 is 2. The Labute approximate surface area is 156 Å². The van der Waals surface area contributed by atoms with Crippen LogP contribution in [0.4, 0.5) is 0 Å². The van der Waals surface area contributed by atoms with E-state index in [1.54, 1.807) is 14.2 Å². The summed E-state index contributed by atoms with van der Waals surface area (Å²) in [5, 5.41) is 10.3. The Morgan fingerprint density at radius 3 is 2.23 bits per heavy atom. The summed E-state index contributed by atoms with van der Waals surface area (Å²) < 4.78 is 16.4. The molecule has 0 bridgehead atoms. The van der Waals surface area contributed by atoms with Gasteiger partial charge in [-0.1, -0.05) is 17.7 Å². The van der Waals surface area contributed by atoms with Crippen molar-refractivity contribution in [3.8, 4) is 17.2 Å². The lowest BCUT2D eigenvalue weighted by molar-refractivity contribution is 0.0743. The van der Waals surface area contributed by atoms with E-state index in [0.29, 0.717) is 18.8 Å². The fourth-order valence-electron chi connectivity index (χ4n) is 2.79. The molecule has 26 heavy (non-hydrogen) atoms. The fraction of sp³-hybridized carbons (Fsp3) is 0.429. The molecule has 2 aromatic rings. The van der Waals surface area contributed by atoms with Crippen LogP contribution in [0.2, 0.25) is 0 Å². The molecule has 0 aliphatic rings. The first-order chi connectivity index (χ1) is 12.4. The maximum atomic E-state index is 10.3. The first-order valence-electron chi connectivity index (χ1n) is 8.70. The Kier molecular flexibility index (Phi) is 7.30. The molecule has 142 valence electrons. The number of ether oxygens (including phenoxy) is 3. The van der Waals surface area contributed by atoms with E-state index in [1.165, 1.54) is 5.56 Å². The van der Waals surface area contributed by atoms with E-state index >= 15 is 0 Å². The SMILES string of the molecule is COc1cc(C)c(CN(C)C[C@@H](O)COc2ccc(C)cc2)cc1OC. The molecule has 0 unspecified atom stereocenters. The zero-order valence-electron chi connectivity index (χ0n) is 16.3. The molecular weight excluding hydrogens is 330 g/mol. The molecule has 2 rings (SSSR count). The minimum Gasteiger partial charge on any atom is -0.493 e. The van der Waals surface area contributed by atoms with Crippen LogP contribution in [0.25, 0.3) is 0 Å². The number of hydrogen-bond acceptors (Lipinski definition) is 5. The van der Waals surface area contributed by atoms with Gasteiger partial charge in [0.15, 0.2) is 11.5 Å². The van der Waals surface area contributed by atoms with Gasteiger partial charge < -0.3 is 19.3 Å². The molecule has 0 heterocycles. The van der Waals surface area contributed by atoms with Gasteiger partial charge in [-0.15, -0.1) is 0 Å². The highest BCUT2D eigenvalue weighted by molar-refractivity contribution is 5.47. The summed E-state index contributed by atoms with van der Waals surface area (Å²) in [6.45, 7) is 5.55. The fourth-order valence-corrected chi connectivity index (χ4v) is 2.79. The number of aliphatic hydroxyl groups is 1. The average molecular weight is 359 g/mol. The van der Waals surface area contributed by atoms with Crippen molar-refractivity contribution in [1.82, 2.24) is 4.90 Å². The molecule has 0 aromatic heterocycles. The van der Waals surface area contributed by atoms with Crippen molar-refractivity contribution in [3.05, 3.63) is 53.1 Å². The van der Waals surface area contributed by atoms with E-state index < -0.39 is 6.10 Å². The number of aryl methyl sites for hydroxylation is 2. The van der Waals surface area contributed by atoms with Gasteiger partial charge in [0, 0.05) is 13.1 Å². The molecule has 0 radical (unpaired) electrons. The highest BCUT2D eigenvalue weighted by Crippen LogP contribution is 2.30. The zero-order chi connectivity index (χ0) is 19.1. The molecule has 2 aromatic carbocycles. The van der Waals surface area contributed by atoms with Crippen molar-refractivity contribution in [2.75, 3.05) is 34.4 Å². The lowest BCUT2D eigenvalue weighted by Crippen LogP contribution is -2.33. The van der Waals surface area contributed by atoms with E-state index in [-0.39, 0.29) is 6.61 Å². The predicted octanol–water partition coefficient (Wildman–Crippen LogP) is 3.19. The Morgan fingerprint density at radius 2 is 1.62 bits per heavy atom. The minimum absolute atomic E-state index is 0.262. The van der Waals surface area contributed by atoms with Crippen molar-refractivity contribution in [2.24, 2.45) is 0 Å². The first-order valence-corrected chi connectivity index (χ1v) is 8.70. The summed E-state index contributed by atoms with van der Waals surface area (Å²) in [6, 6.07) is 11.8. The number of likely N-dealkylation sites (N-methyl/N-ethyl adjacent to an activating group) is 1. The second-order valence-electron chi connectivity index (χ2n) is 6.61. The molecule has 0 amide bonds. The van der Waals surface area contributed by atoms with Crippen molar-refractivity contribution in [3.63, 3.8) is 0 Å². The molecular formula is C21H29NO4. The lowest BCUT2D eigenvalue weighted by Gasteiger charge is -2.22. The summed E-state index contributed by atoms with van der Waals surface area (Å²) in [7, 11) is 5.24. The monoisotopic (exact) mass is 359 g/mol. The zero-order valence-corrected chi connectivity index (χ0v) is 16.3. The maximum absolute atomic E-state index is 10.3. The Balaban J connectivity index is 1.89. The summed E-state index contributed by atoms with van der Waals surface area (Å²) >= 11 is 0. The topological polar surface area (TPSA) is 51.2 Å². The number of aliphatic hydroxyl groups excluding tert-OH is 1. The molecule has 5 heteroatoms. The molecule has 0 fully saturated rings. The van der Waals surface area contributed by atoms with Crippen molar-refractivity contribution >= 4 is 0 Å². The van der Waals surface area contributed by atoms with Crippen molar-refractivity contribution < 1.29 is 19.3 Å². The molecule has 0 saturated heterocycles. The van der Waals surface area contributed by atoms with Gasteiger partial charge in [0.25, 0.3) is 0 Å². The van der Waals surface area contributed by atoms with Crippen LogP contribution in [-0.2, 0) is 6.54 Å². The summed E-state index contributed by atoms with van der Waals surface area (Å²) in [6.07, 6.45) is -0.568. The minimum atomic E-state index is -0.568. The van der Waals surface area contributed by atoms with E-state index in [1.807, 2.05) is 57.3 Å². The van der Waals surface area contributed by atoms with Crippen LogP contribution in [0, 0.1) is 13.8 Å². The number of hydrogen-bond donors (Lipinski definition) is 1. The van der Waals surface area contributed by atoms with Gasteiger partial charge in [0.05, 0.1) is 14.2 Å².